The first kappa shape index (κ1) is 6.10. The van der Waals surface area contributed by atoms with Crippen molar-refractivity contribution in [2.24, 2.45) is 11.8 Å². The van der Waals surface area contributed by atoms with Gasteiger partial charge in [0.15, 0.2) is 5.78 Å². The molecule has 3 atom stereocenters. The van der Waals surface area contributed by atoms with E-state index in [0.29, 0.717) is 12.3 Å². The van der Waals surface area contributed by atoms with E-state index in [9.17, 15) is 4.79 Å². The topological polar surface area (TPSA) is 37.3 Å². The lowest BCUT2D eigenvalue weighted by atomic mass is 10.00. The second-order valence-electron chi connectivity index (χ2n) is 3.09. The Balaban J connectivity index is 2.22. The van der Waals surface area contributed by atoms with Gasteiger partial charge in [-0.3, -0.25) is 4.79 Å². The van der Waals surface area contributed by atoms with Gasteiger partial charge in [-0.15, -0.1) is 0 Å². The van der Waals surface area contributed by atoms with Gasteiger partial charge in [0.1, 0.15) is 6.10 Å². The number of carbonyl (C=O) groups excluding carboxylic acids is 1. The van der Waals surface area contributed by atoms with E-state index in [2.05, 4.69) is 6.08 Å². The summed E-state index contributed by atoms with van der Waals surface area (Å²) >= 11 is 0. The Hall–Kier alpha value is -0.630. The van der Waals surface area contributed by atoms with Crippen LogP contribution in [-0.2, 0) is 4.79 Å². The van der Waals surface area contributed by atoms with E-state index in [1.54, 1.807) is 0 Å². The van der Waals surface area contributed by atoms with Crippen LogP contribution in [0.3, 0.4) is 0 Å². The minimum Gasteiger partial charge on any atom is -0.385 e. The van der Waals surface area contributed by atoms with E-state index >= 15 is 0 Å². The van der Waals surface area contributed by atoms with Crippen molar-refractivity contribution in [3.8, 4) is 0 Å². The molecule has 0 amide bonds. The SMILES string of the molecule is O=C1C(O)C[C@H]2C=CC[C@@H]12. The molecule has 0 aromatic carbocycles. The average Bonchev–Trinajstić information content (AvgIpc) is 2.41. The Morgan fingerprint density at radius 3 is 3.10 bits per heavy atom. The largest absolute Gasteiger partial charge is 0.385 e. The molecule has 0 aromatic heterocycles. The first-order chi connectivity index (χ1) is 4.79. The minimum atomic E-state index is -0.667. The van der Waals surface area contributed by atoms with Gasteiger partial charge in [0, 0.05) is 5.92 Å². The fourth-order valence-corrected chi connectivity index (χ4v) is 1.90. The van der Waals surface area contributed by atoms with Crippen molar-refractivity contribution >= 4 is 5.78 Å². The molecule has 2 nitrogen and oxygen atoms in total. The Kier molecular flexibility index (Phi) is 1.17. The van der Waals surface area contributed by atoms with Crippen LogP contribution in [0.1, 0.15) is 12.8 Å². The molecule has 0 saturated heterocycles. The van der Waals surface area contributed by atoms with Crippen molar-refractivity contribution in [1.29, 1.82) is 0 Å². The van der Waals surface area contributed by atoms with E-state index in [0.717, 1.165) is 6.42 Å². The molecule has 0 aliphatic heterocycles. The summed E-state index contributed by atoms with van der Waals surface area (Å²) in [6.45, 7) is 0. The molecule has 0 aromatic rings. The molecule has 0 bridgehead atoms. The summed E-state index contributed by atoms with van der Waals surface area (Å²) in [5.74, 6) is 0.521. The molecule has 0 spiro atoms. The van der Waals surface area contributed by atoms with E-state index in [1.807, 2.05) is 6.08 Å². The summed E-state index contributed by atoms with van der Waals surface area (Å²) in [4.78, 5) is 11.1. The lowest BCUT2D eigenvalue weighted by Gasteiger charge is -2.02. The first-order valence-corrected chi connectivity index (χ1v) is 3.67. The normalized spacial score (nSPS) is 44.5. The minimum absolute atomic E-state index is 0.0509. The highest BCUT2D eigenvalue weighted by Gasteiger charge is 2.41. The number of hydrogen-bond acceptors (Lipinski definition) is 2. The molecule has 2 aliphatic rings. The van der Waals surface area contributed by atoms with Gasteiger partial charge < -0.3 is 5.11 Å². The third-order valence-electron chi connectivity index (χ3n) is 2.48. The standard InChI is InChI=1S/C8H10O2/c9-7-4-5-2-1-3-6(5)8(7)10/h1-2,5-7,9H,3-4H2/t5-,6-,7?/m1/s1. The second-order valence-corrected chi connectivity index (χ2v) is 3.09. The quantitative estimate of drug-likeness (QED) is 0.495. The van der Waals surface area contributed by atoms with Crippen molar-refractivity contribution in [1.82, 2.24) is 0 Å². The van der Waals surface area contributed by atoms with Crippen LogP contribution in [0.2, 0.25) is 0 Å². The summed E-state index contributed by atoms with van der Waals surface area (Å²) in [7, 11) is 0. The molecule has 1 unspecified atom stereocenters. The van der Waals surface area contributed by atoms with Gasteiger partial charge in [-0.25, -0.2) is 0 Å². The number of hydrogen-bond donors (Lipinski definition) is 1. The highest BCUT2D eigenvalue weighted by molar-refractivity contribution is 5.88. The van der Waals surface area contributed by atoms with Crippen LogP contribution in [0.25, 0.3) is 0 Å². The van der Waals surface area contributed by atoms with E-state index < -0.39 is 6.10 Å². The summed E-state index contributed by atoms with van der Waals surface area (Å²) in [5.41, 5.74) is 0. The van der Waals surface area contributed by atoms with E-state index in [1.165, 1.54) is 0 Å². The summed E-state index contributed by atoms with van der Waals surface area (Å²) in [5, 5.41) is 9.12. The molecule has 2 heteroatoms. The molecule has 2 rings (SSSR count). The zero-order valence-electron chi connectivity index (χ0n) is 5.66. The Bertz CT molecular complexity index is 195. The van der Waals surface area contributed by atoms with Gasteiger partial charge in [0.2, 0.25) is 0 Å². The van der Waals surface area contributed by atoms with Crippen molar-refractivity contribution in [3.63, 3.8) is 0 Å². The van der Waals surface area contributed by atoms with Gasteiger partial charge in [0.05, 0.1) is 0 Å². The number of allylic oxidation sites excluding steroid dienone is 2. The molecular formula is C8H10O2. The van der Waals surface area contributed by atoms with Crippen molar-refractivity contribution in [2.75, 3.05) is 0 Å². The number of aliphatic hydroxyl groups excluding tert-OH is 1. The van der Waals surface area contributed by atoms with Gasteiger partial charge in [-0.2, -0.15) is 0 Å². The smallest absolute Gasteiger partial charge is 0.165 e. The van der Waals surface area contributed by atoms with Crippen molar-refractivity contribution in [3.05, 3.63) is 12.2 Å². The second kappa shape index (κ2) is 1.92. The van der Waals surface area contributed by atoms with E-state index in [4.69, 9.17) is 5.11 Å². The molecule has 1 fully saturated rings. The molecule has 0 radical (unpaired) electrons. The molecule has 2 aliphatic carbocycles. The summed E-state index contributed by atoms with van der Waals surface area (Å²) in [6, 6.07) is 0. The summed E-state index contributed by atoms with van der Waals surface area (Å²) < 4.78 is 0. The Morgan fingerprint density at radius 1 is 1.60 bits per heavy atom. The van der Waals surface area contributed by atoms with Crippen molar-refractivity contribution < 1.29 is 9.90 Å². The van der Waals surface area contributed by atoms with E-state index in [-0.39, 0.29) is 11.7 Å². The number of Topliss-reactive ketones (excluding diaryl/α,β-unsaturated/α-hetero) is 1. The zero-order valence-corrected chi connectivity index (χ0v) is 5.66. The summed E-state index contributed by atoms with van der Waals surface area (Å²) in [6.07, 6.45) is 4.93. The van der Waals surface area contributed by atoms with Crippen LogP contribution in [0, 0.1) is 11.8 Å². The Labute approximate surface area is 59.5 Å². The number of carbonyl (C=O) groups is 1. The molecular weight excluding hydrogens is 128 g/mol. The number of rotatable bonds is 0. The van der Waals surface area contributed by atoms with Gasteiger partial charge in [-0.1, -0.05) is 12.2 Å². The van der Waals surface area contributed by atoms with Gasteiger partial charge in [-0.05, 0) is 18.8 Å². The molecule has 1 N–H and O–H groups in total. The maximum absolute atomic E-state index is 11.1. The van der Waals surface area contributed by atoms with Gasteiger partial charge >= 0.3 is 0 Å². The fourth-order valence-electron chi connectivity index (χ4n) is 1.90. The first-order valence-electron chi connectivity index (χ1n) is 3.67. The monoisotopic (exact) mass is 138 g/mol. The van der Waals surface area contributed by atoms with Crippen LogP contribution < -0.4 is 0 Å². The van der Waals surface area contributed by atoms with Crippen LogP contribution in [0.15, 0.2) is 12.2 Å². The van der Waals surface area contributed by atoms with Crippen molar-refractivity contribution in [2.45, 2.75) is 18.9 Å². The third-order valence-corrected chi connectivity index (χ3v) is 2.48. The van der Waals surface area contributed by atoms with Crippen LogP contribution in [-0.4, -0.2) is 17.0 Å². The van der Waals surface area contributed by atoms with Crippen LogP contribution in [0.4, 0.5) is 0 Å². The number of ketones is 1. The number of fused-ring (bicyclic) bond motifs is 1. The lowest BCUT2D eigenvalue weighted by Crippen LogP contribution is -2.17. The molecule has 0 heterocycles. The molecule has 10 heavy (non-hydrogen) atoms. The van der Waals surface area contributed by atoms with Crippen LogP contribution >= 0.6 is 0 Å². The zero-order chi connectivity index (χ0) is 7.14. The highest BCUT2D eigenvalue weighted by atomic mass is 16.3. The predicted molar refractivity (Wildman–Crippen MR) is 36.4 cm³/mol. The highest BCUT2D eigenvalue weighted by Crippen LogP contribution is 2.36. The maximum Gasteiger partial charge on any atom is 0.165 e. The Morgan fingerprint density at radius 2 is 2.40 bits per heavy atom. The maximum atomic E-state index is 11.1. The average molecular weight is 138 g/mol. The number of aliphatic hydroxyl groups is 1. The van der Waals surface area contributed by atoms with Gasteiger partial charge in [0.25, 0.3) is 0 Å². The molecule has 54 valence electrons. The van der Waals surface area contributed by atoms with Crippen LogP contribution in [0.5, 0.6) is 0 Å². The third kappa shape index (κ3) is 0.655. The fraction of sp³-hybridized carbons (Fsp3) is 0.625. The predicted octanol–water partition coefficient (Wildman–Crippen LogP) is 0.512. The molecule has 1 saturated carbocycles. The lowest BCUT2D eigenvalue weighted by molar-refractivity contribution is -0.127.